The highest BCUT2D eigenvalue weighted by molar-refractivity contribution is 5.78. The average molecular weight is 789 g/mol. The van der Waals surface area contributed by atoms with Gasteiger partial charge in [0.05, 0.1) is 54.2 Å². The van der Waals surface area contributed by atoms with Gasteiger partial charge < -0.3 is 63.8 Å². The van der Waals surface area contributed by atoms with Gasteiger partial charge in [-0.1, -0.05) is 26.8 Å². The van der Waals surface area contributed by atoms with Crippen molar-refractivity contribution >= 4 is 11.9 Å². The van der Waals surface area contributed by atoms with Crippen LogP contribution < -0.4 is 5.32 Å². The predicted octanol–water partition coefficient (Wildman–Crippen LogP) is 2.30. The maximum atomic E-state index is 14.3. The number of likely N-dealkylation sites (N-methyl/N-ethyl adjacent to an activating group) is 1. The molecule has 3 aliphatic rings. The highest BCUT2D eigenvalue weighted by Crippen LogP contribution is 2.41. The van der Waals surface area contributed by atoms with Gasteiger partial charge in [0.1, 0.15) is 30.0 Å². The third kappa shape index (κ3) is 10.8. The summed E-state index contributed by atoms with van der Waals surface area (Å²) >= 11 is 0. The van der Waals surface area contributed by atoms with E-state index in [4.69, 9.17) is 33.2 Å². The minimum Gasteiger partial charge on any atom is -0.459 e. The molecule has 3 heterocycles. The Bertz CT molecular complexity index is 1270. The Morgan fingerprint density at radius 1 is 0.964 bits per heavy atom. The van der Waals surface area contributed by atoms with Crippen molar-refractivity contribution in [3.05, 3.63) is 12.7 Å². The highest BCUT2D eigenvalue weighted by atomic mass is 16.7. The lowest BCUT2D eigenvalue weighted by Crippen LogP contribution is -2.61. The molecule has 0 aromatic carbocycles. The van der Waals surface area contributed by atoms with Gasteiger partial charge in [0.2, 0.25) is 5.91 Å². The van der Waals surface area contributed by atoms with Gasteiger partial charge in [-0.2, -0.15) is 0 Å². The summed E-state index contributed by atoms with van der Waals surface area (Å²) in [5.41, 5.74) is -4.32. The molecule has 0 saturated carbocycles. The van der Waals surface area contributed by atoms with Crippen molar-refractivity contribution in [1.82, 2.24) is 10.2 Å². The molecule has 0 aliphatic carbocycles. The maximum Gasteiger partial charge on any atom is 0.311 e. The number of ether oxygens (including phenoxy) is 7. The first kappa shape index (κ1) is 47.6. The Labute approximate surface area is 328 Å². The third-order valence-electron chi connectivity index (χ3n) is 12.2. The molecule has 0 radical (unpaired) electrons. The number of amides is 1. The van der Waals surface area contributed by atoms with Crippen LogP contribution >= 0.6 is 0 Å². The van der Waals surface area contributed by atoms with Crippen molar-refractivity contribution in [2.45, 2.75) is 185 Å². The van der Waals surface area contributed by atoms with Crippen LogP contribution in [-0.4, -0.2) is 155 Å². The number of aliphatic hydroxyl groups is 4. The third-order valence-corrected chi connectivity index (χ3v) is 12.2. The van der Waals surface area contributed by atoms with Gasteiger partial charge in [-0.25, -0.2) is 0 Å². The quantitative estimate of drug-likeness (QED) is 0.160. The van der Waals surface area contributed by atoms with Crippen LogP contribution in [0.4, 0.5) is 0 Å². The van der Waals surface area contributed by atoms with Gasteiger partial charge in [-0.3, -0.25) is 9.59 Å². The molecule has 1 amide bonds. The summed E-state index contributed by atoms with van der Waals surface area (Å²) in [6.07, 6.45) is -7.44. The van der Waals surface area contributed by atoms with E-state index in [2.05, 4.69) is 11.9 Å². The van der Waals surface area contributed by atoms with Gasteiger partial charge in [0, 0.05) is 31.4 Å². The molecule has 0 aromatic rings. The Morgan fingerprint density at radius 3 is 2.16 bits per heavy atom. The van der Waals surface area contributed by atoms with E-state index in [1.807, 2.05) is 32.8 Å². The van der Waals surface area contributed by atoms with Crippen LogP contribution in [0.25, 0.3) is 0 Å². The molecule has 55 heavy (non-hydrogen) atoms. The van der Waals surface area contributed by atoms with E-state index >= 15 is 0 Å². The van der Waals surface area contributed by atoms with E-state index in [1.54, 1.807) is 54.5 Å². The second kappa shape index (κ2) is 19.3. The lowest BCUT2D eigenvalue weighted by Gasteiger charge is -2.49. The summed E-state index contributed by atoms with van der Waals surface area (Å²) in [5, 5.41) is 48.5. The molecule has 3 aliphatic heterocycles. The molecule has 5 N–H and O–H groups in total. The summed E-state index contributed by atoms with van der Waals surface area (Å²) in [6.45, 7) is 20.9. The highest BCUT2D eigenvalue weighted by Gasteiger charge is 2.53. The van der Waals surface area contributed by atoms with Crippen molar-refractivity contribution in [2.24, 2.45) is 17.8 Å². The normalized spacial score (nSPS) is 47.0. The van der Waals surface area contributed by atoms with Crippen LogP contribution in [0.15, 0.2) is 12.7 Å². The molecule has 320 valence electrons. The predicted molar refractivity (Wildman–Crippen MR) is 204 cm³/mol. The van der Waals surface area contributed by atoms with E-state index in [0.29, 0.717) is 6.42 Å². The van der Waals surface area contributed by atoms with Crippen molar-refractivity contribution in [3.8, 4) is 0 Å². The standard InChI is InChI=1S/C40H72N2O13/c1-15-17-50-39(10)19-21(3)35(46)41-25(7)32(44)40(11,48)28(16-2)53-36(47)24(6)31(54-29-20-38(9,49-14)33(45)26(8)52-29)23(5)34(39)55-37-30(43)27(42(12)13)18-22(4)51-37/h15,21-34,37,43-45,48H,1,16-20H2,2-14H3,(H,41,46)/t21-,22-,23+,24-,25-,26+,27+,28-,29-,30-,31+,32+,33+,34-,37+,38-,39-,40+/m1/s1. The van der Waals surface area contributed by atoms with Gasteiger partial charge in [-0.05, 0) is 81.8 Å². The molecule has 0 unspecified atom stereocenters. The number of methoxy groups -OCH3 is 1. The summed E-state index contributed by atoms with van der Waals surface area (Å²) in [6, 6.07) is -1.24. The first-order valence-electron chi connectivity index (χ1n) is 19.8. The topological polar surface area (TPSA) is 195 Å². The monoisotopic (exact) mass is 789 g/mol. The number of aliphatic hydroxyl groups excluding tert-OH is 3. The molecule has 3 fully saturated rings. The largest absolute Gasteiger partial charge is 0.459 e. The van der Waals surface area contributed by atoms with Gasteiger partial charge in [0.25, 0.3) is 0 Å². The molecule has 15 heteroatoms. The van der Waals surface area contributed by atoms with Crippen molar-refractivity contribution < 1.29 is 63.2 Å². The van der Waals surface area contributed by atoms with E-state index in [9.17, 15) is 30.0 Å². The molecule has 3 saturated heterocycles. The zero-order valence-corrected chi connectivity index (χ0v) is 35.4. The number of carbonyl (C=O) groups excluding carboxylic acids is 2. The van der Waals surface area contributed by atoms with E-state index in [-0.39, 0.29) is 38.0 Å². The summed E-state index contributed by atoms with van der Waals surface area (Å²) in [4.78, 5) is 30.1. The summed E-state index contributed by atoms with van der Waals surface area (Å²) in [7, 11) is 5.25. The SMILES string of the molecule is C=CCO[C@]1(C)C[C@@H](C)C(=O)N[C@H](C)[C@H](O)[C@@](C)(O)[C@@H](CC)OC(=O)[C@H](C)[C@@H](O[C@@H]2C[C@@](C)(OC)[C@@H](O)[C@H](C)O2)[C@H](C)[C@H]1O[C@@H]1O[C@H](C)C[C@H](N(C)C)[C@H]1O. The van der Waals surface area contributed by atoms with Crippen LogP contribution in [0.1, 0.15) is 94.9 Å². The van der Waals surface area contributed by atoms with Crippen molar-refractivity contribution in [1.29, 1.82) is 0 Å². The van der Waals surface area contributed by atoms with Crippen LogP contribution in [0.3, 0.4) is 0 Å². The van der Waals surface area contributed by atoms with E-state index in [1.165, 1.54) is 14.0 Å². The second-order valence-corrected chi connectivity index (χ2v) is 17.1. The van der Waals surface area contributed by atoms with Gasteiger partial charge in [-0.15, -0.1) is 6.58 Å². The molecule has 0 spiro atoms. The minimum atomic E-state index is -1.96. The number of carbonyl (C=O) groups is 2. The first-order chi connectivity index (χ1) is 25.5. The molecule has 18 atom stereocenters. The number of hydrogen-bond acceptors (Lipinski definition) is 14. The molecular formula is C40H72N2O13. The number of cyclic esters (lactones) is 1. The van der Waals surface area contributed by atoms with Crippen LogP contribution in [-0.2, 0) is 42.7 Å². The summed E-state index contributed by atoms with van der Waals surface area (Å²) < 4.78 is 44.5. The Morgan fingerprint density at radius 2 is 1.60 bits per heavy atom. The van der Waals surface area contributed by atoms with E-state index in [0.717, 1.165) is 0 Å². The Balaban J connectivity index is 2.27. The molecule has 0 aromatic heterocycles. The number of esters is 1. The first-order valence-corrected chi connectivity index (χ1v) is 19.8. The smallest absolute Gasteiger partial charge is 0.311 e. The summed E-state index contributed by atoms with van der Waals surface area (Å²) in [5.74, 6) is -3.69. The lowest BCUT2D eigenvalue weighted by molar-refractivity contribution is -0.320. The Hall–Kier alpha value is -1.76. The zero-order chi connectivity index (χ0) is 41.8. The second-order valence-electron chi connectivity index (χ2n) is 17.1. The number of nitrogens with zero attached hydrogens (tertiary/aromatic N) is 1. The van der Waals surface area contributed by atoms with Gasteiger partial charge >= 0.3 is 5.97 Å². The molecule has 0 bridgehead atoms. The van der Waals surface area contributed by atoms with Crippen molar-refractivity contribution in [3.63, 3.8) is 0 Å². The van der Waals surface area contributed by atoms with Crippen LogP contribution in [0, 0.1) is 17.8 Å². The fourth-order valence-corrected chi connectivity index (χ4v) is 8.61. The fourth-order valence-electron chi connectivity index (χ4n) is 8.61. The Kier molecular flexibility index (Phi) is 16.7. The average Bonchev–Trinajstić information content (AvgIpc) is 3.12. The number of rotatable bonds is 10. The van der Waals surface area contributed by atoms with Crippen LogP contribution in [0.5, 0.6) is 0 Å². The number of nitrogens with one attached hydrogen (secondary N) is 1. The van der Waals surface area contributed by atoms with E-state index < -0.39 is 108 Å². The molecule has 3 rings (SSSR count). The lowest BCUT2D eigenvalue weighted by atomic mass is 9.77. The van der Waals surface area contributed by atoms with Crippen molar-refractivity contribution in [2.75, 3.05) is 27.8 Å². The van der Waals surface area contributed by atoms with Gasteiger partial charge in [0.15, 0.2) is 12.6 Å². The molecule has 15 nitrogen and oxygen atoms in total. The maximum absolute atomic E-state index is 14.3. The fraction of sp³-hybridized carbons (Fsp3) is 0.900. The minimum absolute atomic E-state index is 0.0643. The number of hydrogen-bond donors (Lipinski definition) is 5. The zero-order valence-electron chi connectivity index (χ0n) is 35.4. The van der Waals surface area contributed by atoms with Crippen LogP contribution in [0.2, 0.25) is 0 Å². The molecular weight excluding hydrogens is 716 g/mol.